The van der Waals surface area contributed by atoms with Gasteiger partial charge in [0.15, 0.2) is 0 Å². The molecule has 3 aromatic rings. The van der Waals surface area contributed by atoms with Crippen LogP contribution in [-0.2, 0) is 6.42 Å². The molecule has 0 atom stereocenters. The Hall–Kier alpha value is -3.67. The van der Waals surface area contributed by atoms with E-state index in [1.54, 1.807) is 24.3 Å². The minimum atomic E-state index is -0.596. The first kappa shape index (κ1) is 24.0. The van der Waals surface area contributed by atoms with Crippen molar-refractivity contribution in [3.8, 4) is 5.75 Å². The first-order valence-corrected chi connectivity index (χ1v) is 11.0. The maximum atomic E-state index is 13.9. The summed E-state index contributed by atoms with van der Waals surface area (Å²) in [5.41, 5.74) is 2.70. The number of anilines is 1. The molecule has 0 aliphatic heterocycles. The number of hydrogen-bond acceptors (Lipinski definition) is 3. The molecule has 0 spiro atoms. The van der Waals surface area contributed by atoms with Crippen LogP contribution in [0.15, 0.2) is 66.7 Å². The molecule has 3 rings (SSSR count). The first-order chi connectivity index (χ1) is 15.8. The molecule has 0 aliphatic rings. The van der Waals surface area contributed by atoms with E-state index in [2.05, 4.69) is 24.5 Å². The van der Waals surface area contributed by atoms with Crippen LogP contribution >= 0.6 is 0 Å². The summed E-state index contributed by atoms with van der Waals surface area (Å²) in [7, 11) is 0. The van der Waals surface area contributed by atoms with Gasteiger partial charge in [0.2, 0.25) is 0 Å². The van der Waals surface area contributed by atoms with Crippen molar-refractivity contribution in [1.82, 2.24) is 5.32 Å². The third-order valence-corrected chi connectivity index (χ3v) is 5.07. The lowest BCUT2D eigenvalue weighted by atomic mass is 10.1. The minimum Gasteiger partial charge on any atom is -0.493 e. The summed E-state index contributed by atoms with van der Waals surface area (Å²) in [4.78, 5) is 25.0. The second-order valence-corrected chi connectivity index (χ2v) is 8.32. The fourth-order valence-electron chi connectivity index (χ4n) is 3.17. The lowest BCUT2D eigenvalue weighted by molar-refractivity contribution is 0.0952. The molecule has 0 unspecified atom stereocenters. The van der Waals surface area contributed by atoms with Gasteiger partial charge < -0.3 is 15.4 Å². The quantitative estimate of drug-likeness (QED) is 0.461. The smallest absolute Gasteiger partial charge is 0.258 e. The molecule has 0 heterocycles. The predicted octanol–water partition coefficient (Wildman–Crippen LogP) is 5.39. The molecule has 3 aromatic carbocycles. The Morgan fingerprint density at radius 3 is 2.39 bits per heavy atom. The van der Waals surface area contributed by atoms with Gasteiger partial charge in [-0.25, -0.2) is 4.39 Å². The molecule has 33 heavy (non-hydrogen) atoms. The largest absolute Gasteiger partial charge is 0.493 e. The van der Waals surface area contributed by atoms with Crippen LogP contribution in [0.1, 0.15) is 45.7 Å². The zero-order valence-electron chi connectivity index (χ0n) is 19.2. The van der Waals surface area contributed by atoms with Crippen molar-refractivity contribution in [2.45, 2.75) is 27.2 Å². The lowest BCUT2D eigenvalue weighted by Gasteiger charge is -2.12. The zero-order chi connectivity index (χ0) is 23.8. The summed E-state index contributed by atoms with van der Waals surface area (Å²) in [6.45, 7) is 7.16. The topological polar surface area (TPSA) is 67.4 Å². The molecular weight excluding hydrogens is 419 g/mol. The number of rotatable bonds is 9. The molecule has 5 nitrogen and oxygen atoms in total. The second-order valence-electron chi connectivity index (χ2n) is 8.32. The molecule has 0 bridgehead atoms. The molecule has 2 amide bonds. The number of ether oxygens (including phenoxy) is 1. The fraction of sp³-hybridized carbons (Fsp3) is 0.259. The monoisotopic (exact) mass is 448 g/mol. The Morgan fingerprint density at radius 1 is 0.970 bits per heavy atom. The number of nitrogens with one attached hydrogen (secondary N) is 2. The maximum absolute atomic E-state index is 13.9. The van der Waals surface area contributed by atoms with E-state index in [4.69, 9.17) is 4.74 Å². The normalized spacial score (nSPS) is 10.7. The first-order valence-electron chi connectivity index (χ1n) is 11.0. The Balaban J connectivity index is 1.56. The van der Waals surface area contributed by atoms with Crippen molar-refractivity contribution in [3.63, 3.8) is 0 Å². The molecular formula is C27H29FN2O3. The van der Waals surface area contributed by atoms with Gasteiger partial charge in [-0.3, -0.25) is 9.59 Å². The minimum absolute atomic E-state index is 0.0487. The van der Waals surface area contributed by atoms with Crippen LogP contribution in [0, 0.1) is 18.7 Å². The highest BCUT2D eigenvalue weighted by atomic mass is 19.1. The number of amides is 2. The van der Waals surface area contributed by atoms with Crippen molar-refractivity contribution < 1.29 is 18.7 Å². The highest BCUT2D eigenvalue weighted by Gasteiger charge is 2.14. The molecule has 0 aromatic heterocycles. The summed E-state index contributed by atoms with van der Waals surface area (Å²) >= 11 is 0. The molecule has 2 N–H and O–H groups in total. The standard InChI is InChI=1S/C27H29FN2O3/c1-18(2)17-33-22-12-9-20(10-13-22)14-15-29-26(31)21-11-8-19(3)25(16-21)30-27(32)23-6-4-5-7-24(23)28/h4-13,16,18H,14-15,17H2,1-3H3,(H,29,31)(H,30,32). The van der Waals surface area contributed by atoms with Crippen LogP contribution in [0.25, 0.3) is 0 Å². The van der Waals surface area contributed by atoms with Crippen molar-refractivity contribution in [1.29, 1.82) is 0 Å². The number of carbonyl (C=O) groups excluding carboxylic acids is 2. The fourth-order valence-corrected chi connectivity index (χ4v) is 3.17. The van der Waals surface area contributed by atoms with Crippen LogP contribution in [0.3, 0.4) is 0 Å². The zero-order valence-corrected chi connectivity index (χ0v) is 19.2. The summed E-state index contributed by atoms with van der Waals surface area (Å²) in [5, 5.41) is 5.60. The average molecular weight is 449 g/mol. The Labute approximate surface area is 194 Å². The van der Waals surface area contributed by atoms with Crippen LogP contribution < -0.4 is 15.4 Å². The van der Waals surface area contributed by atoms with Crippen molar-refractivity contribution in [3.05, 3.63) is 94.8 Å². The summed E-state index contributed by atoms with van der Waals surface area (Å²) in [6.07, 6.45) is 0.680. The van der Waals surface area contributed by atoms with Gasteiger partial charge in [0, 0.05) is 17.8 Å². The number of carbonyl (C=O) groups is 2. The lowest BCUT2D eigenvalue weighted by Crippen LogP contribution is -2.26. The highest BCUT2D eigenvalue weighted by Crippen LogP contribution is 2.19. The van der Waals surface area contributed by atoms with E-state index in [1.807, 2.05) is 31.2 Å². The van der Waals surface area contributed by atoms with Crippen molar-refractivity contribution in [2.75, 3.05) is 18.5 Å². The van der Waals surface area contributed by atoms with Crippen molar-refractivity contribution in [2.24, 2.45) is 5.92 Å². The molecule has 172 valence electrons. The number of halogens is 1. The van der Waals surface area contributed by atoms with E-state index >= 15 is 0 Å². The van der Waals surface area contributed by atoms with E-state index in [9.17, 15) is 14.0 Å². The predicted molar refractivity (Wildman–Crippen MR) is 128 cm³/mol. The van der Waals surface area contributed by atoms with Gasteiger partial charge >= 0.3 is 0 Å². The second kappa shape index (κ2) is 11.3. The van der Waals surface area contributed by atoms with E-state index in [0.717, 1.165) is 16.9 Å². The molecule has 0 saturated carbocycles. The SMILES string of the molecule is Cc1ccc(C(=O)NCCc2ccc(OCC(C)C)cc2)cc1NC(=O)c1ccccc1F. The number of benzene rings is 3. The van der Waals surface area contributed by atoms with Gasteiger partial charge in [0.1, 0.15) is 11.6 Å². The van der Waals surface area contributed by atoms with Crippen LogP contribution in [-0.4, -0.2) is 25.0 Å². The summed E-state index contributed by atoms with van der Waals surface area (Å²) in [5.74, 6) is -0.0972. The molecule has 0 fully saturated rings. The van der Waals surface area contributed by atoms with Gasteiger partial charge in [-0.15, -0.1) is 0 Å². The van der Waals surface area contributed by atoms with Crippen LogP contribution in [0.4, 0.5) is 10.1 Å². The Morgan fingerprint density at radius 2 is 1.70 bits per heavy atom. The summed E-state index contributed by atoms with van der Waals surface area (Å²) < 4.78 is 19.6. The van der Waals surface area contributed by atoms with Crippen LogP contribution in [0.5, 0.6) is 5.75 Å². The summed E-state index contributed by atoms with van der Waals surface area (Å²) in [6, 6.07) is 18.7. The van der Waals surface area contributed by atoms with E-state index < -0.39 is 11.7 Å². The van der Waals surface area contributed by atoms with Crippen LogP contribution in [0.2, 0.25) is 0 Å². The molecule has 6 heteroatoms. The number of hydrogen-bond donors (Lipinski definition) is 2. The van der Waals surface area contributed by atoms with E-state index in [-0.39, 0.29) is 11.5 Å². The van der Waals surface area contributed by atoms with Gasteiger partial charge in [-0.05, 0) is 66.8 Å². The van der Waals surface area contributed by atoms with E-state index in [0.29, 0.717) is 36.7 Å². The molecule has 0 aliphatic carbocycles. The average Bonchev–Trinajstić information content (AvgIpc) is 2.80. The molecule has 0 saturated heterocycles. The van der Waals surface area contributed by atoms with Gasteiger partial charge in [0.25, 0.3) is 11.8 Å². The van der Waals surface area contributed by atoms with Gasteiger partial charge in [-0.1, -0.05) is 44.2 Å². The van der Waals surface area contributed by atoms with Gasteiger partial charge in [-0.2, -0.15) is 0 Å². The van der Waals surface area contributed by atoms with Crippen molar-refractivity contribution >= 4 is 17.5 Å². The third kappa shape index (κ3) is 6.91. The number of aryl methyl sites for hydroxylation is 1. The highest BCUT2D eigenvalue weighted by molar-refractivity contribution is 6.05. The van der Waals surface area contributed by atoms with Gasteiger partial charge in [0.05, 0.1) is 12.2 Å². The maximum Gasteiger partial charge on any atom is 0.258 e. The van der Waals surface area contributed by atoms with E-state index in [1.165, 1.54) is 18.2 Å². The third-order valence-electron chi connectivity index (χ3n) is 5.07. The molecule has 0 radical (unpaired) electrons. The Kier molecular flexibility index (Phi) is 8.19. The Bertz CT molecular complexity index is 1110.